The Bertz CT molecular complexity index is 640. The van der Waals surface area contributed by atoms with Crippen LogP contribution in [0.3, 0.4) is 0 Å². The Kier molecular flexibility index (Phi) is 30.7. The highest BCUT2D eigenvalue weighted by atomic mass is 16.5. The number of quaternary nitrogens is 1. The van der Waals surface area contributed by atoms with Gasteiger partial charge in [0.05, 0.1) is 19.6 Å². The number of carboxylic acids is 1. The monoisotopic (exact) mass is 566 g/mol. The summed E-state index contributed by atoms with van der Waals surface area (Å²) in [6.45, 7) is 11.5. The Morgan fingerprint density at radius 3 is 1.60 bits per heavy atom. The molecule has 0 radical (unpaired) electrons. The number of aliphatic carboxylic acids is 1. The molecule has 2 unspecified atom stereocenters. The molecule has 0 aromatic carbocycles. The Hall–Kier alpha value is -1.62. The highest BCUT2D eigenvalue weighted by Crippen LogP contribution is 2.22. The predicted molar refractivity (Wildman–Crippen MR) is 169 cm³/mol. The molecule has 0 saturated carbocycles. The van der Waals surface area contributed by atoms with Gasteiger partial charge in [0.25, 0.3) is 0 Å². The van der Waals surface area contributed by atoms with Crippen molar-refractivity contribution in [1.82, 2.24) is 0 Å². The van der Waals surface area contributed by atoms with Crippen molar-refractivity contribution in [1.29, 1.82) is 0 Å². The summed E-state index contributed by atoms with van der Waals surface area (Å²) in [6, 6.07) is 0. The van der Waals surface area contributed by atoms with E-state index in [1.165, 1.54) is 115 Å². The fraction of sp³-hybridized carbons (Fsp3) is 0.829. The van der Waals surface area contributed by atoms with E-state index in [0.717, 1.165) is 31.4 Å². The van der Waals surface area contributed by atoms with Gasteiger partial charge < -0.3 is 20.4 Å². The van der Waals surface area contributed by atoms with Crippen molar-refractivity contribution in [3.63, 3.8) is 0 Å². The number of carboxylic acid groups (broad SMARTS) is 1. The maximum atomic E-state index is 11.7. The van der Waals surface area contributed by atoms with Gasteiger partial charge in [-0.2, -0.15) is 0 Å². The number of rotatable bonds is 25. The number of carbonyl (C=O) groups excluding carboxylic acids is 2. The second-order valence-electron chi connectivity index (χ2n) is 11.7. The number of hydrogen-bond donors (Lipinski definition) is 1. The van der Waals surface area contributed by atoms with Crippen LogP contribution in [0.4, 0.5) is 0 Å². The van der Waals surface area contributed by atoms with E-state index in [9.17, 15) is 14.7 Å². The van der Waals surface area contributed by atoms with E-state index >= 15 is 0 Å². The predicted octanol–water partition coefficient (Wildman–Crippen LogP) is 8.12. The summed E-state index contributed by atoms with van der Waals surface area (Å²) in [5, 5.41) is 10.8. The number of esters is 1. The first-order valence-electron chi connectivity index (χ1n) is 16.6. The van der Waals surface area contributed by atoms with Crippen LogP contribution in [-0.2, 0) is 14.3 Å². The average molecular weight is 566 g/mol. The van der Waals surface area contributed by atoms with Crippen LogP contribution in [0.1, 0.15) is 163 Å². The van der Waals surface area contributed by atoms with Crippen molar-refractivity contribution in [2.24, 2.45) is 11.8 Å². The summed E-state index contributed by atoms with van der Waals surface area (Å²) in [4.78, 5) is 22.4. The molecule has 0 aliphatic heterocycles. The van der Waals surface area contributed by atoms with Gasteiger partial charge in [0.1, 0.15) is 0 Å². The second-order valence-corrected chi connectivity index (χ2v) is 11.7. The molecule has 0 heterocycles. The summed E-state index contributed by atoms with van der Waals surface area (Å²) in [5.41, 5.74) is 6.40. The minimum absolute atomic E-state index is 0.188. The Labute approximate surface area is 248 Å². The summed E-state index contributed by atoms with van der Waals surface area (Å²) in [6.07, 6.45) is 30.0. The molecule has 0 saturated heterocycles. The van der Waals surface area contributed by atoms with Crippen LogP contribution in [0.2, 0.25) is 0 Å². The van der Waals surface area contributed by atoms with E-state index in [4.69, 9.17) is 0 Å². The lowest BCUT2D eigenvalue weighted by atomic mass is 9.89. The molecule has 236 valence electrons. The van der Waals surface area contributed by atoms with Gasteiger partial charge in [0.2, 0.25) is 0 Å². The largest absolute Gasteiger partial charge is 0.550 e. The lowest BCUT2D eigenvalue weighted by Crippen LogP contribution is -2.50. The van der Waals surface area contributed by atoms with Crippen molar-refractivity contribution in [3.8, 4) is 0 Å². The van der Waals surface area contributed by atoms with E-state index in [2.05, 4.69) is 37.3 Å². The minimum Gasteiger partial charge on any atom is -0.550 e. The Morgan fingerprint density at radius 1 is 0.775 bits per heavy atom. The zero-order valence-corrected chi connectivity index (χ0v) is 27.5. The van der Waals surface area contributed by atoms with Crippen molar-refractivity contribution < 1.29 is 25.2 Å². The molecule has 0 aliphatic rings. The molecule has 0 aliphatic carbocycles. The van der Waals surface area contributed by atoms with E-state index in [0.29, 0.717) is 0 Å². The molecular formula is C35H67NO4. The zero-order chi connectivity index (χ0) is 30.4. The molecule has 5 heteroatoms. The Morgan fingerprint density at radius 2 is 1.23 bits per heavy atom. The van der Waals surface area contributed by atoms with Crippen LogP contribution in [0.15, 0.2) is 23.3 Å². The van der Waals surface area contributed by atoms with Gasteiger partial charge in [-0.25, -0.2) is 0 Å². The molecule has 40 heavy (non-hydrogen) atoms. The molecule has 0 rings (SSSR count). The third-order valence-corrected chi connectivity index (χ3v) is 7.77. The first kappa shape index (κ1) is 40.5. The first-order valence-corrected chi connectivity index (χ1v) is 16.6. The fourth-order valence-electron chi connectivity index (χ4n) is 4.88. The average Bonchev–Trinajstić information content (AvgIpc) is 2.93. The van der Waals surface area contributed by atoms with Crippen molar-refractivity contribution in [2.75, 3.05) is 13.7 Å². The van der Waals surface area contributed by atoms with Crippen molar-refractivity contribution >= 4 is 11.9 Å². The number of allylic oxidation sites excluding steroid dienone is 4. The lowest BCUT2D eigenvalue weighted by Gasteiger charge is -2.20. The summed E-state index contributed by atoms with van der Waals surface area (Å²) >= 11 is 0. The third-order valence-electron chi connectivity index (χ3n) is 7.77. The van der Waals surface area contributed by atoms with Gasteiger partial charge in [-0.1, -0.05) is 134 Å². The highest BCUT2D eigenvalue weighted by Gasteiger charge is 2.24. The van der Waals surface area contributed by atoms with Crippen LogP contribution in [-0.4, -0.2) is 25.6 Å². The maximum Gasteiger partial charge on any atom is 0.309 e. The normalized spacial score (nSPS) is 13.4. The third kappa shape index (κ3) is 27.9. The van der Waals surface area contributed by atoms with E-state index < -0.39 is 17.9 Å². The molecule has 0 aromatic rings. The quantitative estimate of drug-likeness (QED) is 0.0687. The smallest absolute Gasteiger partial charge is 0.309 e. The van der Waals surface area contributed by atoms with Crippen LogP contribution < -0.4 is 10.8 Å². The number of carbonyl (C=O) groups is 2. The summed E-state index contributed by atoms with van der Waals surface area (Å²) in [5.74, 6) is -2.61. The van der Waals surface area contributed by atoms with Gasteiger partial charge >= 0.3 is 5.97 Å². The molecule has 3 N–H and O–H groups in total. The van der Waals surface area contributed by atoms with Gasteiger partial charge in [0, 0.05) is 12.4 Å². The number of methoxy groups -OCH3 is 1. The SMILES string of the molecule is CCC(C)=CCCC(C)=CC(C)C(CC(=O)[O-])C(=O)OC.CCCCCCCCCCCCCCCCCC[NH3+]. The fourth-order valence-corrected chi connectivity index (χ4v) is 4.88. The number of unbranched alkanes of at least 4 members (excludes halogenated alkanes) is 15. The van der Waals surface area contributed by atoms with Crippen LogP contribution >= 0.6 is 0 Å². The number of hydrogen-bond acceptors (Lipinski definition) is 4. The van der Waals surface area contributed by atoms with E-state index in [1.54, 1.807) is 0 Å². The molecule has 5 nitrogen and oxygen atoms in total. The van der Waals surface area contributed by atoms with E-state index in [-0.39, 0.29) is 12.3 Å². The van der Waals surface area contributed by atoms with Gasteiger partial charge in [0.15, 0.2) is 0 Å². The van der Waals surface area contributed by atoms with Crippen LogP contribution in [0, 0.1) is 11.8 Å². The van der Waals surface area contributed by atoms with Gasteiger partial charge in [-0.15, -0.1) is 0 Å². The number of ether oxygens (including phenoxy) is 1. The molecule has 2 atom stereocenters. The topological polar surface area (TPSA) is 94.1 Å². The van der Waals surface area contributed by atoms with Crippen molar-refractivity contribution in [2.45, 2.75) is 163 Å². The van der Waals surface area contributed by atoms with Crippen LogP contribution in [0.5, 0.6) is 0 Å². The standard InChI is InChI=1S/C18H39N.C17H28O4/c1-2-3-4-5-6-7-8-9-10-11-12-13-14-15-16-17-18-19;1-6-12(2)8-7-9-13(3)10-14(4)15(11-16(18)19)17(20)21-5/h2-19H2,1H3;8,10,14-15H,6-7,9,11H2,1-5H3,(H,18,19). The van der Waals surface area contributed by atoms with Gasteiger partial charge in [-0.3, -0.25) is 4.79 Å². The second kappa shape index (κ2) is 30.3. The minimum atomic E-state index is -1.23. The van der Waals surface area contributed by atoms with E-state index in [1.807, 2.05) is 19.9 Å². The van der Waals surface area contributed by atoms with Crippen molar-refractivity contribution in [3.05, 3.63) is 23.3 Å². The molecule has 0 aromatic heterocycles. The molecule has 0 fully saturated rings. The first-order chi connectivity index (χ1) is 19.2. The molecular weight excluding hydrogens is 498 g/mol. The zero-order valence-electron chi connectivity index (χ0n) is 27.5. The summed E-state index contributed by atoms with van der Waals surface area (Å²) in [7, 11) is 1.27. The molecule has 0 spiro atoms. The lowest BCUT2D eigenvalue weighted by molar-refractivity contribution is -0.368. The molecule has 0 amide bonds. The molecule has 0 bridgehead atoms. The summed E-state index contributed by atoms with van der Waals surface area (Å²) < 4.78 is 4.67. The van der Waals surface area contributed by atoms with Gasteiger partial charge in [-0.05, 0) is 51.9 Å². The van der Waals surface area contributed by atoms with Crippen LogP contribution in [0.25, 0.3) is 0 Å². The Balaban J connectivity index is 0. The maximum absolute atomic E-state index is 11.7. The highest BCUT2D eigenvalue weighted by molar-refractivity contribution is 5.78.